The van der Waals surface area contributed by atoms with E-state index in [9.17, 15) is 4.79 Å². The molecule has 0 unspecified atom stereocenters. The highest BCUT2D eigenvalue weighted by atomic mass is 16.1. The van der Waals surface area contributed by atoms with Crippen LogP contribution in [0.4, 0.5) is 0 Å². The molecule has 0 heterocycles. The van der Waals surface area contributed by atoms with Crippen LogP contribution in [0.2, 0.25) is 0 Å². The van der Waals surface area contributed by atoms with Gasteiger partial charge in [-0.25, -0.2) is 0 Å². The monoisotopic (exact) mass is 81.0 g/mol. The van der Waals surface area contributed by atoms with Crippen molar-refractivity contribution in [2.75, 3.05) is 0 Å². The number of rotatable bonds is 0. The van der Waals surface area contributed by atoms with Gasteiger partial charge in [-0.15, -0.1) is 0 Å². The minimum absolute atomic E-state index is 0.245. The average molecular weight is 81.1 g/mol. The molecule has 0 bridgehead atoms. The van der Waals surface area contributed by atoms with Crippen molar-refractivity contribution in [1.82, 2.24) is 0 Å². The van der Waals surface area contributed by atoms with Crippen molar-refractivity contribution in [2.24, 2.45) is 0 Å². The first kappa shape index (κ1) is 3.59. The van der Waals surface area contributed by atoms with E-state index in [0.29, 0.717) is 6.42 Å². The lowest BCUT2D eigenvalue weighted by Crippen LogP contribution is -2.07. The Bertz CT molecular complexity index is 111. The highest BCUT2D eigenvalue weighted by Gasteiger charge is 2.10. The SMILES string of the molecule is CC1=[C]CC1=O. The van der Waals surface area contributed by atoms with Crippen molar-refractivity contribution in [1.29, 1.82) is 0 Å². The molecule has 1 radical (unpaired) electrons. The Hall–Kier alpha value is -0.590. The number of hydrogen-bond donors (Lipinski definition) is 0. The van der Waals surface area contributed by atoms with Gasteiger partial charge < -0.3 is 0 Å². The predicted molar refractivity (Wildman–Crippen MR) is 22.1 cm³/mol. The van der Waals surface area contributed by atoms with E-state index in [1.807, 2.05) is 0 Å². The number of carbonyl (C=O) groups is 1. The first-order chi connectivity index (χ1) is 2.80. The van der Waals surface area contributed by atoms with E-state index in [2.05, 4.69) is 6.08 Å². The summed E-state index contributed by atoms with van der Waals surface area (Å²) in [6, 6.07) is 0. The second-order valence-electron chi connectivity index (χ2n) is 1.40. The maximum absolute atomic E-state index is 10.1. The van der Waals surface area contributed by atoms with Crippen molar-refractivity contribution >= 4 is 5.78 Å². The summed E-state index contributed by atoms with van der Waals surface area (Å²) in [5.74, 6) is 0.245. The molecule has 0 saturated carbocycles. The summed E-state index contributed by atoms with van der Waals surface area (Å²) in [5, 5.41) is 0. The molecular weight excluding hydrogens is 76.1 g/mol. The van der Waals surface area contributed by atoms with Crippen LogP contribution < -0.4 is 0 Å². The maximum atomic E-state index is 10.1. The molecule has 0 aliphatic heterocycles. The number of allylic oxidation sites excluding steroid dienone is 2. The second-order valence-corrected chi connectivity index (χ2v) is 1.40. The lowest BCUT2D eigenvalue weighted by atomic mass is 10.00. The fraction of sp³-hybridized carbons (Fsp3) is 0.400. The molecule has 1 nitrogen and oxygen atoms in total. The summed E-state index contributed by atoms with van der Waals surface area (Å²) < 4.78 is 0. The van der Waals surface area contributed by atoms with Gasteiger partial charge in [-0.1, -0.05) is 0 Å². The van der Waals surface area contributed by atoms with E-state index in [0.717, 1.165) is 5.57 Å². The number of Topliss-reactive ketones (excluding diaryl/α,β-unsaturated/α-hetero) is 1. The zero-order chi connectivity index (χ0) is 4.57. The van der Waals surface area contributed by atoms with E-state index in [-0.39, 0.29) is 5.78 Å². The predicted octanol–water partition coefficient (Wildman–Crippen LogP) is 0.709. The Morgan fingerprint density at radius 3 is 2.33 bits per heavy atom. The van der Waals surface area contributed by atoms with Crippen LogP contribution in [0.15, 0.2) is 5.57 Å². The molecule has 0 saturated heterocycles. The van der Waals surface area contributed by atoms with Crippen LogP contribution >= 0.6 is 0 Å². The zero-order valence-electron chi connectivity index (χ0n) is 3.62. The average Bonchev–Trinajstić information content (AvgIpc) is 1.61. The van der Waals surface area contributed by atoms with Crippen molar-refractivity contribution in [3.8, 4) is 0 Å². The Morgan fingerprint density at radius 1 is 1.83 bits per heavy atom. The van der Waals surface area contributed by atoms with Crippen molar-refractivity contribution in [3.63, 3.8) is 0 Å². The molecule has 0 aromatic heterocycles. The fourth-order valence-corrected chi connectivity index (χ4v) is 0.337. The van der Waals surface area contributed by atoms with E-state index >= 15 is 0 Å². The largest absolute Gasteiger partial charge is 0.294 e. The molecule has 0 N–H and O–H groups in total. The molecule has 6 heavy (non-hydrogen) atoms. The Kier molecular flexibility index (Phi) is 0.560. The summed E-state index contributed by atoms with van der Waals surface area (Å²) in [5.41, 5.74) is 0.801. The van der Waals surface area contributed by atoms with Crippen molar-refractivity contribution in [3.05, 3.63) is 11.6 Å². The quantitative estimate of drug-likeness (QED) is 0.419. The van der Waals surface area contributed by atoms with Gasteiger partial charge >= 0.3 is 0 Å². The summed E-state index contributed by atoms with van der Waals surface area (Å²) >= 11 is 0. The van der Waals surface area contributed by atoms with Crippen molar-refractivity contribution < 1.29 is 4.79 Å². The van der Waals surface area contributed by atoms with Gasteiger partial charge in [0, 0.05) is 6.42 Å². The van der Waals surface area contributed by atoms with Crippen molar-refractivity contribution in [2.45, 2.75) is 13.3 Å². The van der Waals surface area contributed by atoms with Gasteiger partial charge in [0.05, 0.1) is 0 Å². The van der Waals surface area contributed by atoms with Crippen LogP contribution in [0.25, 0.3) is 0 Å². The first-order valence-electron chi connectivity index (χ1n) is 1.91. The fourth-order valence-electron chi connectivity index (χ4n) is 0.337. The third-order valence-corrected chi connectivity index (χ3v) is 0.932. The first-order valence-corrected chi connectivity index (χ1v) is 1.91. The molecule has 0 aromatic rings. The third-order valence-electron chi connectivity index (χ3n) is 0.932. The summed E-state index contributed by atoms with van der Waals surface area (Å²) in [4.78, 5) is 10.1. The van der Waals surface area contributed by atoms with Gasteiger partial charge in [0.2, 0.25) is 0 Å². The summed E-state index contributed by atoms with van der Waals surface area (Å²) in [7, 11) is 0. The molecule has 0 spiro atoms. The minimum atomic E-state index is 0.245. The highest BCUT2D eigenvalue weighted by molar-refractivity contribution is 6.00. The Morgan fingerprint density at radius 2 is 2.33 bits per heavy atom. The second kappa shape index (κ2) is 0.934. The Balaban J connectivity index is 2.75. The standard InChI is InChI=1S/C5H5O/c1-4-2-3-5(4)6/h3H2,1H3. The number of ketones is 1. The number of hydrogen-bond acceptors (Lipinski definition) is 1. The van der Waals surface area contributed by atoms with Gasteiger partial charge in [-0.05, 0) is 18.6 Å². The summed E-state index contributed by atoms with van der Waals surface area (Å²) in [6.45, 7) is 1.78. The highest BCUT2D eigenvalue weighted by Crippen LogP contribution is 2.08. The molecule has 1 aliphatic rings. The molecule has 0 aromatic carbocycles. The lowest BCUT2D eigenvalue weighted by Gasteiger charge is -2.03. The summed E-state index contributed by atoms with van der Waals surface area (Å²) in [6.07, 6.45) is 3.37. The molecule has 0 fully saturated rings. The molecule has 1 heteroatoms. The van der Waals surface area contributed by atoms with E-state index < -0.39 is 0 Å². The van der Waals surface area contributed by atoms with E-state index in [1.165, 1.54) is 0 Å². The van der Waals surface area contributed by atoms with Crippen LogP contribution in [0.5, 0.6) is 0 Å². The molecule has 31 valence electrons. The lowest BCUT2D eigenvalue weighted by molar-refractivity contribution is -0.116. The molecular formula is C5H5O. The number of carbonyl (C=O) groups excluding carboxylic acids is 1. The van der Waals surface area contributed by atoms with Gasteiger partial charge in [0.25, 0.3) is 0 Å². The molecule has 1 rings (SSSR count). The van der Waals surface area contributed by atoms with Gasteiger partial charge in [-0.2, -0.15) is 0 Å². The topological polar surface area (TPSA) is 17.1 Å². The Labute approximate surface area is 36.7 Å². The van der Waals surface area contributed by atoms with Gasteiger partial charge in [-0.3, -0.25) is 4.79 Å². The van der Waals surface area contributed by atoms with Crippen LogP contribution in [0.1, 0.15) is 13.3 Å². The third kappa shape index (κ3) is 0.280. The van der Waals surface area contributed by atoms with Crippen LogP contribution in [0.3, 0.4) is 0 Å². The smallest absolute Gasteiger partial charge is 0.163 e. The molecule has 0 atom stereocenters. The maximum Gasteiger partial charge on any atom is 0.163 e. The molecule has 1 aliphatic carbocycles. The van der Waals surface area contributed by atoms with Gasteiger partial charge in [0.15, 0.2) is 5.78 Å². The van der Waals surface area contributed by atoms with Crippen LogP contribution in [-0.4, -0.2) is 5.78 Å². The zero-order valence-corrected chi connectivity index (χ0v) is 3.62. The van der Waals surface area contributed by atoms with Crippen LogP contribution in [0, 0.1) is 6.08 Å². The van der Waals surface area contributed by atoms with E-state index in [4.69, 9.17) is 0 Å². The van der Waals surface area contributed by atoms with Gasteiger partial charge in [0.1, 0.15) is 0 Å². The van der Waals surface area contributed by atoms with Crippen LogP contribution in [-0.2, 0) is 4.79 Å². The molecule has 0 amide bonds. The minimum Gasteiger partial charge on any atom is -0.294 e. The van der Waals surface area contributed by atoms with E-state index in [1.54, 1.807) is 6.92 Å². The normalized spacial score (nSPS) is 19.5.